The third-order valence-corrected chi connectivity index (χ3v) is 4.35. The second-order valence-electron chi connectivity index (χ2n) is 6.31. The van der Waals surface area contributed by atoms with Crippen LogP contribution in [0.5, 0.6) is 5.75 Å². The van der Waals surface area contributed by atoms with Gasteiger partial charge in [0.05, 0.1) is 24.6 Å². The average Bonchev–Trinajstić information content (AvgIpc) is 3.11. The molecule has 10 heteroatoms. The molecule has 2 heterocycles. The van der Waals surface area contributed by atoms with Crippen molar-refractivity contribution in [3.05, 3.63) is 47.3 Å². The largest absolute Gasteiger partial charge is 0.495 e. The van der Waals surface area contributed by atoms with Crippen molar-refractivity contribution in [2.24, 2.45) is 0 Å². The summed E-state index contributed by atoms with van der Waals surface area (Å²) in [5, 5.41) is 15.2. The highest BCUT2D eigenvalue weighted by atomic mass is 19.4. The number of nitriles is 1. The zero-order valence-corrected chi connectivity index (χ0v) is 15.7. The van der Waals surface area contributed by atoms with Crippen molar-refractivity contribution < 1.29 is 22.7 Å². The van der Waals surface area contributed by atoms with Crippen molar-refractivity contribution in [2.45, 2.75) is 26.1 Å². The predicted octanol–water partition coefficient (Wildman–Crippen LogP) is 3.27. The van der Waals surface area contributed by atoms with Gasteiger partial charge in [-0.15, -0.1) is 0 Å². The van der Waals surface area contributed by atoms with Crippen LogP contribution < -0.4 is 10.1 Å². The normalized spacial score (nSPS) is 12.4. The fourth-order valence-electron chi connectivity index (χ4n) is 2.81. The van der Waals surface area contributed by atoms with Crippen LogP contribution >= 0.6 is 0 Å². The molecule has 0 aliphatic carbocycles. The minimum absolute atomic E-state index is 0.0938. The fraction of sp³-hybridized carbons (Fsp3) is 0.263. The first-order chi connectivity index (χ1) is 13.7. The third kappa shape index (κ3) is 3.71. The van der Waals surface area contributed by atoms with E-state index in [4.69, 9.17) is 4.74 Å². The Hall–Kier alpha value is -3.61. The second-order valence-corrected chi connectivity index (χ2v) is 6.31. The maximum absolute atomic E-state index is 12.8. The van der Waals surface area contributed by atoms with Gasteiger partial charge in [0.1, 0.15) is 23.4 Å². The molecule has 3 aromatic rings. The number of halogens is 3. The third-order valence-electron chi connectivity index (χ3n) is 4.35. The molecule has 0 aliphatic rings. The summed E-state index contributed by atoms with van der Waals surface area (Å²) in [6.45, 7) is 2.57. The van der Waals surface area contributed by atoms with Crippen LogP contribution in [0.1, 0.15) is 28.5 Å². The summed E-state index contributed by atoms with van der Waals surface area (Å²) in [6, 6.07) is 6.62. The zero-order chi connectivity index (χ0) is 21.3. The molecule has 1 aromatic carbocycles. The summed E-state index contributed by atoms with van der Waals surface area (Å²) in [4.78, 5) is 16.8. The summed E-state index contributed by atoms with van der Waals surface area (Å²) in [7, 11) is 1.42. The van der Waals surface area contributed by atoms with Crippen molar-refractivity contribution in [3.63, 3.8) is 0 Å². The zero-order valence-electron chi connectivity index (χ0n) is 15.7. The van der Waals surface area contributed by atoms with Crippen LogP contribution in [0.15, 0.2) is 30.5 Å². The molecule has 0 saturated carbocycles. The molecular weight excluding hydrogens is 387 g/mol. The van der Waals surface area contributed by atoms with Gasteiger partial charge in [-0.1, -0.05) is 6.07 Å². The fourth-order valence-corrected chi connectivity index (χ4v) is 2.81. The van der Waals surface area contributed by atoms with Gasteiger partial charge >= 0.3 is 6.18 Å². The number of nitrogens with zero attached hydrogens (tertiary/aromatic N) is 4. The minimum Gasteiger partial charge on any atom is -0.495 e. The smallest absolute Gasteiger partial charge is 0.408 e. The van der Waals surface area contributed by atoms with Crippen molar-refractivity contribution in [1.29, 1.82) is 5.26 Å². The minimum atomic E-state index is -4.57. The first-order valence-electron chi connectivity index (χ1n) is 8.47. The number of para-hydroxylation sites is 1. The van der Waals surface area contributed by atoms with Gasteiger partial charge in [0.2, 0.25) is 0 Å². The SMILES string of the molecule is COc1c(C#N)cccc1-c1cc(C)n2ncc(C(=O)NC(C)C(F)(F)F)c2n1. The molecule has 29 heavy (non-hydrogen) atoms. The van der Waals surface area contributed by atoms with Crippen LogP contribution in [0.25, 0.3) is 16.9 Å². The van der Waals surface area contributed by atoms with E-state index in [2.05, 4.69) is 10.1 Å². The maximum atomic E-state index is 12.8. The number of aryl methyl sites for hydroxylation is 1. The van der Waals surface area contributed by atoms with Crippen molar-refractivity contribution in [3.8, 4) is 23.1 Å². The number of carbonyl (C=O) groups excluding carboxylic acids is 1. The molecule has 0 saturated heterocycles. The molecule has 1 amide bonds. The van der Waals surface area contributed by atoms with E-state index in [1.165, 1.54) is 17.8 Å². The number of ether oxygens (including phenoxy) is 1. The van der Waals surface area contributed by atoms with Crippen molar-refractivity contribution in [1.82, 2.24) is 19.9 Å². The van der Waals surface area contributed by atoms with Gasteiger partial charge in [-0.05, 0) is 32.0 Å². The van der Waals surface area contributed by atoms with Crippen LogP contribution in [0.2, 0.25) is 0 Å². The molecule has 0 bridgehead atoms. The maximum Gasteiger partial charge on any atom is 0.408 e. The molecule has 150 valence electrons. The lowest BCUT2D eigenvalue weighted by molar-refractivity contribution is -0.149. The molecule has 1 unspecified atom stereocenters. The summed E-state index contributed by atoms with van der Waals surface area (Å²) in [5.74, 6) is -0.630. The van der Waals surface area contributed by atoms with Crippen molar-refractivity contribution >= 4 is 11.6 Å². The Bertz CT molecular complexity index is 1130. The molecule has 0 fully saturated rings. The highest BCUT2D eigenvalue weighted by molar-refractivity contribution is 6.00. The topological polar surface area (TPSA) is 92.3 Å². The highest BCUT2D eigenvalue weighted by Crippen LogP contribution is 2.32. The van der Waals surface area contributed by atoms with E-state index in [0.717, 1.165) is 6.92 Å². The number of alkyl halides is 3. The number of hydrogen-bond acceptors (Lipinski definition) is 5. The second kappa shape index (κ2) is 7.43. The Morgan fingerprint density at radius 2 is 2.10 bits per heavy atom. The Morgan fingerprint density at radius 1 is 1.38 bits per heavy atom. The number of hydrogen-bond donors (Lipinski definition) is 1. The van der Waals surface area contributed by atoms with Crippen molar-refractivity contribution in [2.75, 3.05) is 7.11 Å². The number of nitrogens with one attached hydrogen (secondary N) is 1. The van der Waals surface area contributed by atoms with Gasteiger partial charge in [-0.2, -0.15) is 23.5 Å². The number of carbonyl (C=O) groups is 1. The van der Waals surface area contributed by atoms with Gasteiger partial charge in [0.15, 0.2) is 5.65 Å². The van der Waals surface area contributed by atoms with E-state index in [1.54, 1.807) is 31.2 Å². The number of methoxy groups -OCH3 is 1. The summed E-state index contributed by atoms with van der Waals surface area (Å²) in [5.41, 5.74) is 1.79. The molecule has 0 aliphatic heterocycles. The summed E-state index contributed by atoms with van der Waals surface area (Å²) in [6.07, 6.45) is -3.40. The Balaban J connectivity index is 2.12. The van der Waals surface area contributed by atoms with E-state index >= 15 is 0 Å². The highest BCUT2D eigenvalue weighted by Gasteiger charge is 2.37. The van der Waals surface area contributed by atoms with Gasteiger partial charge < -0.3 is 10.1 Å². The van der Waals surface area contributed by atoms with Crippen LogP contribution in [0.3, 0.4) is 0 Å². The molecule has 7 nitrogen and oxygen atoms in total. The number of benzene rings is 1. The van der Waals surface area contributed by atoms with Crippen LogP contribution in [-0.4, -0.2) is 39.8 Å². The quantitative estimate of drug-likeness (QED) is 0.722. The Morgan fingerprint density at radius 3 is 2.72 bits per heavy atom. The van der Waals surface area contributed by atoms with E-state index in [9.17, 15) is 23.2 Å². The summed E-state index contributed by atoms with van der Waals surface area (Å²) >= 11 is 0. The Kier molecular flexibility index (Phi) is 5.16. The monoisotopic (exact) mass is 403 g/mol. The number of amides is 1. The number of aromatic nitrogens is 3. The first-order valence-corrected chi connectivity index (χ1v) is 8.47. The van der Waals surface area contributed by atoms with E-state index < -0.39 is 18.1 Å². The van der Waals surface area contributed by atoms with Crippen LogP contribution in [0, 0.1) is 18.3 Å². The van der Waals surface area contributed by atoms with Gasteiger partial charge in [0, 0.05) is 11.3 Å². The molecular formula is C19H16F3N5O2. The molecule has 2 aromatic heterocycles. The van der Waals surface area contributed by atoms with E-state index in [1.807, 2.05) is 11.4 Å². The molecule has 1 N–H and O–H groups in total. The molecule has 1 atom stereocenters. The lowest BCUT2D eigenvalue weighted by Crippen LogP contribution is -2.43. The average molecular weight is 403 g/mol. The lowest BCUT2D eigenvalue weighted by atomic mass is 10.1. The van der Waals surface area contributed by atoms with E-state index in [0.29, 0.717) is 28.3 Å². The summed E-state index contributed by atoms with van der Waals surface area (Å²) < 4.78 is 45.0. The Labute approximate surface area is 163 Å². The molecule has 3 rings (SSSR count). The lowest BCUT2D eigenvalue weighted by Gasteiger charge is -2.16. The van der Waals surface area contributed by atoms with Crippen LogP contribution in [-0.2, 0) is 0 Å². The van der Waals surface area contributed by atoms with Gasteiger partial charge in [-0.25, -0.2) is 9.50 Å². The first kappa shape index (κ1) is 20.1. The number of fused-ring (bicyclic) bond motifs is 1. The molecule has 0 spiro atoms. The molecule has 0 radical (unpaired) electrons. The van der Waals surface area contributed by atoms with Crippen LogP contribution in [0.4, 0.5) is 13.2 Å². The van der Waals surface area contributed by atoms with Gasteiger partial charge in [-0.3, -0.25) is 4.79 Å². The van der Waals surface area contributed by atoms with Gasteiger partial charge in [0.25, 0.3) is 5.91 Å². The number of rotatable bonds is 4. The standard InChI is InChI=1S/C19H16F3N5O2/c1-10-7-15(13-6-4-5-12(8-23)16(13)29-3)26-17-14(9-24-27(10)17)18(28)25-11(2)19(20,21)22/h4-7,9,11H,1-3H3,(H,25,28). The predicted molar refractivity (Wildman–Crippen MR) is 97.4 cm³/mol. The van der Waals surface area contributed by atoms with E-state index in [-0.39, 0.29) is 11.2 Å².